The first-order valence-corrected chi connectivity index (χ1v) is 28.5. The molecule has 2 heterocycles. The van der Waals surface area contributed by atoms with Gasteiger partial charge in [-0.15, -0.1) is 0 Å². The van der Waals surface area contributed by atoms with Crippen LogP contribution in [0.25, 0.3) is 11.2 Å². The summed E-state index contributed by atoms with van der Waals surface area (Å²) in [5.74, 6) is -1.43. The molecule has 0 fully saturated rings. The number of carbonyl (C=O) groups is 4. The third-order valence-electron chi connectivity index (χ3n) is 12.8. The van der Waals surface area contributed by atoms with Gasteiger partial charge in [-0.1, -0.05) is 155 Å². The molecular formula is C58H95N9O8. The molecule has 2 atom stereocenters. The molecule has 1 unspecified atom stereocenters. The lowest BCUT2D eigenvalue weighted by atomic mass is 10.1. The van der Waals surface area contributed by atoms with Crippen molar-refractivity contribution in [2.75, 3.05) is 45.4 Å². The smallest absolute Gasteiger partial charge is 0.329 e. The number of H-pyrrole nitrogens is 1. The number of anilines is 1. The standard InChI is InChI=1S/C58H95N9O8/c1-8-10-12-14-16-18-20-22-24-26-28-30-38-73-43-49(74-39-31-29-27-25-23-21-19-17-15-13-11-9-2)41-59-51(69)37-36-50(56(72)75-58(3,4)5)63-54(70)46-32-34-48(35-33-46)67(45-68)42-47-40-60-53-52(62-47)55(71)65-57(64-53)61-44-66(6)7/h32-35,40,44-45,49-50H,8-31,36-39,41-43H2,1-7H3,(H,59,69)(H,63,70)(H,60,64,65,71)/b61-44+/t49?,50-/m0/s1. The van der Waals surface area contributed by atoms with E-state index in [0.29, 0.717) is 37.6 Å². The highest BCUT2D eigenvalue weighted by Gasteiger charge is 2.28. The van der Waals surface area contributed by atoms with Crippen LogP contribution < -0.4 is 21.1 Å². The molecule has 0 aliphatic carbocycles. The van der Waals surface area contributed by atoms with Crippen molar-refractivity contribution >= 4 is 53.3 Å². The molecule has 75 heavy (non-hydrogen) atoms. The molecule has 3 amide bonds. The zero-order chi connectivity index (χ0) is 54.5. The molecule has 0 saturated carbocycles. The van der Waals surface area contributed by atoms with E-state index in [-0.39, 0.29) is 60.6 Å². The first-order valence-electron chi connectivity index (χ1n) is 28.5. The number of hydrogen-bond donors (Lipinski definition) is 3. The van der Waals surface area contributed by atoms with Crippen molar-refractivity contribution in [2.24, 2.45) is 4.99 Å². The van der Waals surface area contributed by atoms with Gasteiger partial charge in [0.25, 0.3) is 11.5 Å². The van der Waals surface area contributed by atoms with Crippen LogP contribution in [0.15, 0.2) is 40.2 Å². The average molecular weight is 1050 g/mol. The number of ether oxygens (including phenoxy) is 3. The van der Waals surface area contributed by atoms with Crippen LogP contribution in [0.3, 0.4) is 0 Å². The van der Waals surface area contributed by atoms with Gasteiger partial charge in [-0.25, -0.2) is 19.8 Å². The molecule has 3 N–H and O–H groups in total. The molecule has 0 saturated heterocycles. The van der Waals surface area contributed by atoms with Crippen LogP contribution in [0.4, 0.5) is 11.6 Å². The molecule has 0 radical (unpaired) electrons. The first-order chi connectivity index (χ1) is 36.2. The Morgan fingerprint density at radius 2 is 1.31 bits per heavy atom. The van der Waals surface area contributed by atoms with Gasteiger partial charge in [0.1, 0.15) is 11.6 Å². The third-order valence-corrected chi connectivity index (χ3v) is 12.8. The summed E-state index contributed by atoms with van der Waals surface area (Å²) in [5, 5.41) is 5.76. The van der Waals surface area contributed by atoms with Crippen molar-refractivity contribution in [3.63, 3.8) is 0 Å². The van der Waals surface area contributed by atoms with E-state index >= 15 is 0 Å². The molecular weight excluding hydrogens is 951 g/mol. The molecule has 3 rings (SSSR count). The van der Waals surface area contributed by atoms with Crippen LogP contribution in [0.1, 0.15) is 218 Å². The summed E-state index contributed by atoms with van der Waals surface area (Å²) >= 11 is 0. The van der Waals surface area contributed by atoms with Crippen LogP contribution in [0.5, 0.6) is 0 Å². The van der Waals surface area contributed by atoms with Crippen molar-refractivity contribution in [1.82, 2.24) is 35.5 Å². The largest absolute Gasteiger partial charge is 0.458 e. The molecule has 0 aliphatic heterocycles. The highest BCUT2D eigenvalue weighted by molar-refractivity contribution is 5.97. The molecule has 2 aromatic heterocycles. The van der Waals surface area contributed by atoms with E-state index in [0.717, 1.165) is 25.7 Å². The minimum atomic E-state index is -1.12. The number of hydrogen-bond acceptors (Lipinski definition) is 12. The fourth-order valence-electron chi connectivity index (χ4n) is 8.49. The zero-order valence-electron chi connectivity index (χ0n) is 47.1. The summed E-state index contributed by atoms with van der Waals surface area (Å²) in [6, 6.07) is 5.08. The van der Waals surface area contributed by atoms with E-state index in [4.69, 9.17) is 14.2 Å². The van der Waals surface area contributed by atoms with Crippen LogP contribution in [-0.2, 0) is 35.1 Å². The molecule has 17 heteroatoms. The number of unbranched alkanes of at least 4 members (excludes halogenated alkanes) is 22. The van der Waals surface area contributed by atoms with Gasteiger partial charge in [-0.3, -0.25) is 24.2 Å². The Balaban J connectivity index is 1.53. The molecule has 1 aromatic carbocycles. The number of fused-ring (bicyclic) bond motifs is 1. The number of benzene rings is 1. The Hall–Kier alpha value is -5.29. The molecule has 0 spiro atoms. The van der Waals surface area contributed by atoms with E-state index in [1.165, 1.54) is 158 Å². The third kappa shape index (κ3) is 29.0. The van der Waals surface area contributed by atoms with Crippen molar-refractivity contribution in [3.05, 3.63) is 52.1 Å². The van der Waals surface area contributed by atoms with Crippen LogP contribution >= 0.6 is 0 Å². The number of carbonyl (C=O) groups excluding carboxylic acids is 4. The van der Waals surface area contributed by atoms with E-state index in [1.54, 1.807) is 51.9 Å². The van der Waals surface area contributed by atoms with Crippen molar-refractivity contribution in [3.8, 4) is 0 Å². The average Bonchev–Trinajstić information content (AvgIpc) is 3.38. The first kappa shape index (κ1) is 64.0. The molecule has 0 aliphatic rings. The molecule has 420 valence electrons. The number of amides is 3. The van der Waals surface area contributed by atoms with Gasteiger partial charge in [-0.2, -0.15) is 4.98 Å². The van der Waals surface area contributed by atoms with E-state index in [2.05, 4.69) is 49.4 Å². The van der Waals surface area contributed by atoms with Gasteiger partial charge in [0, 0.05) is 51.5 Å². The highest BCUT2D eigenvalue weighted by atomic mass is 16.6. The Morgan fingerprint density at radius 3 is 1.84 bits per heavy atom. The maximum absolute atomic E-state index is 13.6. The van der Waals surface area contributed by atoms with E-state index < -0.39 is 29.1 Å². The number of nitrogens with zero attached hydrogens (tertiary/aromatic N) is 6. The minimum absolute atomic E-state index is 0.000907. The zero-order valence-corrected chi connectivity index (χ0v) is 47.1. The second-order valence-corrected chi connectivity index (χ2v) is 21.2. The second kappa shape index (κ2) is 38.3. The number of aromatic nitrogens is 4. The van der Waals surface area contributed by atoms with Crippen molar-refractivity contribution < 1.29 is 33.4 Å². The Bertz CT molecular complexity index is 2140. The highest BCUT2D eigenvalue weighted by Crippen LogP contribution is 2.19. The predicted octanol–water partition coefficient (Wildman–Crippen LogP) is 11.2. The number of aromatic amines is 1. The summed E-state index contributed by atoms with van der Waals surface area (Å²) in [6.07, 6.45) is 33.6. The van der Waals surface area contributed by atoms with Crippen LogP contribution in [0.2, 0.25) is 0 Å². The van der Waals surface area contributed by atoms with Gasteiger partial charge in [0.2, 0.25) is 18.3 Å². The van der Waals surface area contributed by atoms with Gasteiger partial charge in [0.15, 0.2) is 11.2 Å². The summed E-state index contributed by atoms with van der Waals surface area (Å²) in [6.45, 7) is 11.6. The lowest BCUT2D eigenvalue weighted by Crippen LogP contribution is -2.45. The Kier molecular flexibility index (Phi) is 32.7. The topological polar surface area (TPSA) is 210 Å². The lowest BCUT2D eigenvalue weighted by Gasteiger charge is -2.25. The van der Waals surface area contributed by atoms with Gasteiger partial charge in [0.05, 0.1) is 37.5 Å². The van der Waals surface area contributed by atoms with Crippen LogP contribution in [-0.4, -0.2) is 114 Å². The van der Waals surface area contributed by atoms with E-state index in [9.17, 15) is 24.0 Å². The minimum Gasteiger partial charge on any atom is -0.458 e. The molecule has 17 nitrogen and oxygen atoms in total. The number of nitrogens with one attached hydrogen (secondary N) is 3. The fourth-order valence-corrected chi connectivity index (χ4v) is 8.49. The van der Waals surface area contributed by atoms with Crippen molar-refractivity contribution in [1.29, 1.82) is 0 Å². The summed E-state index contributed by atoms with van der Waals surface area (Å²) < 4.78 is 18.1. The van der Waals surface area contributed by atoms with Gasteiger partial charge < -0.3 is 34.6 Å². The SMILES string of the molecule is CCCCCCCCCCCCCCOCC(CNC(=O)CC[C@H](NC(=O)c1ccc(N(C=O)Cc2cnc3nc(/N=C/N(C)C)[nH]c(=O)c3n2)cc1)C(=O)OC(C)(C)C)OCCCCCCCCCCCCCC. The Morgan fingerprint density at radius 1 is 0.760 bits per heavy atom. The summed E-state index contributed by atoms with van der Waals surface area (Å²) in [4.78, 5) is 88.1. The lowest BCUT2D eigenvalue weighted by molar-refractivity contribution is -0.157. The van der Waals surface area contributed by atoms with E-state index in [1.807, 2.05) is 0 Å². The number of aliphatic imine (C=N–C) groups is 1. The van der Waals surface area contributed by atoms with Gasteiger partial charge >= 0.3 is 5.97 Å². The number of rotatable bonds is 43. The maximum atomic E-state index is 13.6. The fraction of sp³-hybridized carbons (Fsp3) is 0.707. The predicted molar refractivity (Wildman–Crippen MR) is 301 cm³/mol. The molecule has 3 aromatic rings. The summed E-state index contributed by atoms with van der Waals surface area (Å²) in [7, 11) is 3.57. The Labute approximate surface area is 448 Å². The maximum Gasteiger partial charge on any atom is 0.329 e. The molecule has 0 bridgehead atoms. The van der Waals surface area contributed by atoms with Crippen molar-refractivity contribution in [2.45, 2.75) is 226 Å². The quantitative estimate of drug-likeness (QED) is 0.0159. The van der Waals surface area contributed by atoms with Gasteiger partial charge in [-0.05, 0) is 64.3 Å². The monoisotopic (exact) mass is 1050 g/mol. The van der Waals surface area contributed by atoms with Crippen LogP contribution in [0, 0.1) is 0 Å². The summed E-state index contributed by atoms with van der Waals surface area (Å²) in [5.41, 5.74) is -0.283. The number of esters is 1. The second-order valence-electron chi connectivity index (χ2n) is 21.2. The normalized spacial score (nSPS) is 12.5.